The Morgan fingerprint density at radius 1 is 1.25 bits per heavy atom. The van der Waals surface area contributed by atoms with Gasteiger partial charge in [0.15, 0.2) is 5.78 Å². The van der Waals surface area contributed by atoms with E-state index in [9.17, 15) is 9.59 Å². The standard InChI is InChI=1S/C21H17Cl2N3O2/c22-12-5-4-11(16(23)8-12)10-24-21(28)15-9-14(15)20-25-17-3-1-2-13-18(27)6-7-26(20)19(13)17/h1-5,8,14-15H,6-7,9-10H2,(H,24,28). The highest BCUT2D eigenvalue weighted by Gasteiger charge is 2.47. The summed E-state index contributed by atoms with van der Waals surface area (Å²) in [6.07, 6.45) is 1.25. The number of ketones is 1. The van der Waals surface area contributed by atoms with E-state index in [-0.39, 0.29) is 23.5 Å². The molecular weight excluding hydrogens is 397 g/mol. The van der Waals surface area contributed by atoms with E-state index >= 15 is 0 Å². The number of benzene rings is 2. The third-order valence-electron chi connectivity index (χ3n) is 5.59. The molecule has 1 saturated carbocycles. The van der Waals surface area contributed by atoms with Crippen molar-refractivity contribution in [1.82, 2.24) is 14.9 Å². The molecule has 1 aliphatic heterocycles. The van der Waals surface area contributed by atoms with Gasteiger partial charge in [-0.2, -0.15) is 0 Å². The number of para-hydroxylation sites is 1. The zero-order valence-corrected chi connectivity index (χ0v) is 16.4. The molecule has 2 atom stereocenters. The Balaban J connectivity index is 1.34. The van der Waals surface area contributed by atoms with Gasteiger partial charge in [-0.1, -0.05) is 35.3 Å². The lowest BCUT2D eigenvalue weighted by Crippen LogP contribution is -2.25. The zero-order chi connectivity index (χ0) is 19.4. The van der Waals surface area contributed by atoms with Crippen molar-refractivity contribution in [2.75, 3.05) is 0 Å². The minimum Gasteiger partial charge on any atom is -0.352 e. The van der Waals surface area contributed by atoms with Gasteiger partial charge < -0.3 is 9.88 Å². The molecule has 2 aliphatic rings. The van der Waals surface area contributed by atoms with Crippen molar-refractivity contribution in [3.8, 4) is 0 Å². The summed E-state index contributed by atoms with van der Waals surface area (Å²) in [7, 11) is 0. The molecule has 2 aromatic carbocycles. The van der Waals surface area contributed by atoms with E-state index in [1.54, 1.807) is 12.1 Å². The van der Waals surface area contributed by atoms with Crippen molar-refractivity contribution in [2.24, 2.45) is 5.92 Å². The molecule has 0 radical (unpaired) electrons. The monoisotopic (exact) mass is 413 g/mol. The molecule has 142 valence electrons. The van der Waals surface area contributed by atoms with Crippen LogP contribution in [0.3, 0.4) is 0 Å². The first-order chi connectivity index (χ1) is 13.5. The Morgan fingerprint density at radius 3 is 2.93 bits per heavy atom. The quantitative estimate of drug-likeness (QED) is 0.691. The van der Waals surface area contributed by atoms with E-state index in [4.69, 9.17) is 28.2 Å². The molecule has 0 saturated heterocycles. The van der Waals surface area contributed by atoms with E-state index in [2.05, 4.69) is 9.88 Å². The molecule has 28 heavy (non-hydrogen) atoms. The van der Waals surface area contributed by atoms with Crippen molar-refractivity contribution in [2.45, 2.75) is 31.8 Å². The highest BCUT2D eigenvalue weighted by molar-refractivity contribution is 6.35. The van der Waals surface area contributed by atoms with Crippen LogP contribution in [0.4, 0.5) is 0 Å². The number of aromatic nitrogens is 2. The Kier molecular flexibility index (Phi) is 4.18. The molecule has 1 amide bonds. The van der Waals surface area contributed by atoms with Crippen LogP contribution in [-0.4, -0.2) is 21.2 Å². The zero-order valence-electron chi connectivity index (χ0n) is 14.9. The van der Waals surface area contributed by atoms with Crippen molar-refractivity contribution < 1.29 is 9.59 Å². The SMILES string of the molecule is O=C1CCn2c(C3CC3C(=O)NCc3ccc(Cl)cc3Cl)nc3cccc1c32. The van der Waals surface area contributed by atoms with Gasteiger partial charge >= 0.3 is 0 Å². The van der Waals surface area contributed by atoms with Gasteiger partial charge in [-0.3, -0.25) is 9.59 Å². The highest BCUT2D eigenvalue weighted by Crippen LogP contribution is 2.48. The first-order valence-electron chi connectivity index (χ1n) is 9.27. The van der Waals surface area contributed by atoms with Crippen molar-refractivity contribution in [1.29, 1.82) is 0 Å². The number of nitrogens with zero attached hydrogens (tertiary/aromatic N) is 2. The first kappa shape index (κ1) is 17.7. The van der Waals surface area contributed by atoms with E-state index in [1.807, 2.05) is 24.3 Å². The third kappa shape index (κ3) is 2.90. The third-order valence-corrected chi connectivity index (χ3v) is 6.17. The van der Waals surface area contributed by atoms with Gasteiger partial charge in [0.05, 0.1) is 11.0 Å². The number of rotatable bonds is 4. The fourth-order valence-electron chi connectivity index (χ4n) is 4.03. The van der Waals surface area contributed by atoms with Crippen molar-refractivity contribution in [3.05, 3.63) is 63.4 Å². The topological polar surface area (TPSA) is 64.0 Å². The second-order valence-electron chi connectivity index (χ2n) is 7.37. The summed E-state index contributed by atoms with van der Waals surface area (Å²) in [6, 6.07) is 10.9. The molecule has 1 aromatic heterocycles. The molecule has 7 heteroatoms. The summed E-state index contributed by atoms with van der Waals surface area (Å²) in [6.45, 7) is 1.00. The molecule has 0 bridgehead atoms. The molecular formula is C21H17Cl2N3O2. The summed E-state index contributed by atoms with van der Waals surface area (Å²) in [4.78, 5) is 29.6. The second-order valence-corrected chi connectivity index (χ2v) is 8.21. The normalized spacial score (nSPS) is 20.4. The molecule has 3 aromatic rings. The number of Topliss-reactive ketones (excluding diaryl/α,β-unsaturated/α-hetero) is 1. The molecule has 1 aliphatic carbocycles. The van der Waals surface area contributed by atoms with Crippen LogP contribution in [0, 0.1) is 5.92 Å². The van der Waals surface area contributed by atoms with E-state index in [0.717, 1.165) is 34.4 Å². The Hall–Kier alpha value is -2.37. The number of hydrogen-bond acceptors (Lipinski definition) is 3. The smallest absolute Gasteiger partial charge is 0.224 e. The van der Waals surface area contributed by atoms with Crippen LogP contribution in [0.15, 0.2) is 36.4 Å². The minimum atomic E-state index is -0.0970. The number of halogens is 2. The number of aryl methyl sites for hydroxylation is 1. The summed E-state index contributed by atoms with van der Waals surface area (Å²) in [5, 5.41) is 4.08. The number of hydrogen-bond donors (Lipinski definition) is 1. The maximum absolute atomic E-state index is 12.6. The predicted molar refractivity (Wildman–Crippen MR) is 108 cm³/mol. The fourth-order valence-corrected chi connectivity index (χ4v) is 4.51. The molecule has 0 spiro atoms. The number of carbonyl (C=O) groups excluding carboxylic acids is 2. The van der Waals surface area contributed by atoms with E-state index in [0.29, 0.717) is 29.6 Å². The molecule has 5 rings (SSSR count). The van der Waals surface area contributed by atoms with Gasteiger partial charge in [-0.05, 0) is 36.2 Å². The highest BCUT2D eigenvalue weighted by atomic mass is 35.5. The first-order valence-corrected chi connectivity index (χ1v) is 10.0. The maximum atomic E-state index is 12.6. The lowest BCUT2D eigenvalue weighted by Gasteiger charge is -2.15. The lowest BCUT2D eigenvalue weighted by molar-refractivity contribution is -0.122. The molecule has 1 fully saturated rings. The summed E-state index contributed by atoms with van der Waals surface area (Å²) >= 11 is 12.1. The van der Waals surface area contributed by atoms with Gasteiger partial charge in [-0.25, -0.2) is 4.98 Å². The molecule has 5 nitrogen and oxygen atoms in total. The summed E-state index contributed by atoms with van der Waals surface area (Å²) in [5.74, 6) is 1.08. The average Bonchev–Trinajstić information content (AvgIpc) is 3.39. The average molecular weight is 414 g/mol. The van der Waals surface area contributed by atoms with Gasteiger partial charge in [-0.15, -0.1) is 0 Å². The fraction of sp³-hybridized carbons (Fsp3) is 0.286. The maximum Gasteiger partial charge on any atom is 0.224 e. The van der Waals surface area contributed by atoms with Crippen LogP contribution in [-0.2, 0) is 17.9 Å². The number of amides is 1. The lowest BCUT2D eigenvalue weighted by atomic mass is 10.0. The molecule has 1 N–H and O–H groups in total. The number of nitrogens with one attached hydrogen (secondary N) is 1. The van der Waals surface area contributed by atoms with Crippen molar-refractivity contribution >= 4 is 45.9 Å². The van der Waals surface area contributed by atoms with Crippen LogP contribution in [0.1, 0.15) is 40.5 Å². The van der Waals surface area contributed by atoms with Gasteiger partial charge in [0, 0.05) is 47.0 Å². The van der Waals surface area contributed by atoms with Crippen molar-refractivity contribution in [3.63, 3.8) is 0 Å². The van der Waals surface area contributed by atoms with Crippen LogP contribution < -0.4 is 5.32 Å². The Bertz CT molecular complexity index is 1140. The predicted octanol–water partition coefficient (Wildman–Crippen LogP) is 4.35. The molecule has 2 heterocycles. The Morgan fingerprint density at radius 2 is 2.11 bits per heavy atom. The van der Waals surface area contributed by atoms with Crippen LogP contribution in [0.2, 0.25) is 10.0 Å². The summed E-state index contributed by atoms with van der Waals surface area (Å²) < 4.78 is 2.13. The summed E-state index contributed by atoms with van der Waals surface area (Å²) in [5.41, 5.74) is 3.32. The van der Waals surface area contributed by atoms with Crippen LogP contribution >= 0.6 is 23.2 Å². The largest absolute Gasteiger partial charge is 0.352 e. The van der Waals surface area contributed by atoms with Gasteiger partial charge in [0.2, 0.25) is 5.91 Å². The van der Waals surface area contributed by atoms with E-state index in [1.165, 1.54) is 0 Å². The van der Waals surface area contributed by atoms with Gasteiger partial charge in [0.1, 0.15) is 5.82 Å². The van der Waals surface area contributed by atoms with E-state index < -0.39 is 0 Å². The Labute approximate surface area is 171 Å². The minimum absolute atomic E-state index is 0.00276. The number of imidazole rings is 1. The number of carbonyl (C=O) groups is 2. The van der Waals surface area contributed by atoms with Gasteiger partial charge in [0.25, 0.3) is 0 Å². The van der Waals surface area contributed by atoms with Crippen LogP contribution in [0.25, 0.3) is 11.0 Å². The second kappa shape index (κ2) is 6.61. The molecule has 2 unspecified atom stereocenters. The van der Waals surface area contributed by atoms with Crippen LogP contribution in [0.5, 0.6) is 0 Å².